The largest absolute Gasteiger partial charge is 0.382 e. The first-order valence-electron chi connectivity index (χ1n) is 7.95. The topological polar surface area (TPSA) is 61.0 Å². The van der Waals surface area contributed by atoms with Gasteiger partial charge < -0.3 is 10.2 Å². The molecule has 6 heteroatoms. The molecule has 1 fully saturated rings. The van der Waals surface area contributed by atoms with E-state index in [4.69, 9.17) is 11.6 Å². The summed E-state index contributed by atoms with van der Waals surface area (Å²) in [6, 6.07) is 10.6. The summed E-state index contributed by atoms with van der Waals surface area (Å²) < 4.78 is 0. The van der Waals surface area contributed by atoms with Gasteiger partial charge in [0.15, 0.2) is 0 Å². The number of hydrogen-bond donors (Lipinski definition) is 2. The van der Waals surface area contributed by atoms with Crippen molar-refractivity contribution >= 4 is 17.3 Å². The standard InChI is InChI=1S/C17H21ClN4O/c18-16-15(11-20-21-17(16)23)19-10-14-7-9-22(12-14)8-6-13-4-2-1-3-5-13/h1-5,11,14H,6-10,12H2,(H2,19,21,23)/t14-/m0/s1. The zero-order chi connectivity index (χ0) is 16.1. The van der Waals surface area contributed by atoms with Gasteiger partial charge in [-0.05, 0) is 30.9 Å². The Hall–Kier alpha value is -1.85. The fourth-order valence-electron chi connectivity index (χ4n) is 2.98. The molecule has 0 radical (unpaired) electrons. The minimum atomic E-state index is -0.354. The van der Waals surface area contributed by atoms with Crippen molar-refractivity contribution in [2.45, 2.75) is 12.8 Å². The van der Waals surface area contributed by atoms with Gasteiger partial charge in [0, 0.05) is 19.6 Å². The van der Waals surface area contributed by atoms with E-state index in [1.165, 1.54) is 5.56 Å². The molecular weight excluding hydrogens is 312 g/mol. The third kappa shape index (κ3) is 4.33. The van der Waals surface area contributed by atoms with Crippen LogP contribution in [0, 0.1) is 5.92 Å². The molecule has 2 aromatic rings. The van der Waals surface area contributed by atoms with E-state index in [-0.39, 0.29) is 10.6 Å². The third-order valence-electron chi connectivity index (χ3n) is 4.31. The van der Waals surface area contributed by atoms with Gasteiger partial charge in [0.2, 0.25) is 0 Å². The second-order valence-electron chi connectivity index (χ2n) is 6.00. The molecule has 1 aliphatic heterocycles. The first-order valence-corrected chi connectivity index (χ1v) is 8.33. The lowest BCUT2D eigenvalue weighted by Crippen LogP contribution is -2.25. The van der Waals surface area contributed by atoms with Crippen molar-refractivity contribution in [2.24, 2.45) is 5.92 Å². The van der Waals surface area contributed by atoms with Crippen LogP contribution in [0.25, 0.3) is 0 Å². The number of nitrogens with zero attached hydrogens (tertiary/aromatic N) is 2. The minimum Gasteiger partial charge on any atom is -0.382 e. The summed E-state index contributed by atoms with van der Waals surface area (Å²) in [7, 11) is 0. The zero-order valence-electron chi connectivity index (χ0n) is 13.0. The summed E-state index contributed by atoms with van der Waals surface area (Å²) >= 11 is 5.97. The number of aromatic nitrogens is 2. The number of nitrogens with one attached hydrogen (secondary N) is 2. The number of hydrogen-bond acceptors (Lipinski definition) is 4. The van der Waals surface area contributed by atoms with Gasteiger partial charge in [0.1, 0.15) is 5.02 Å². The normalized spacial score (nSPS) is 18.2. The Morgan fingerprint density at radius 2 is 2.17 bits per heavy atom. The maximum atomic E-state index is 11.4. The van der Waals surface area contributed by atoms with Crippen molar-refractivity contribution in [3.05, 3.63) is 57.5 Å². The van der Waals surface area contributed by atoms with Crippen molar-refractivity contribution in [3.63, 3.8) is 0 Å². The van der Waals surface area contributed by atoms with Crippen molar-refractivity contribution in [3.8, 4) is 0 Å². The summed E-state index contributed by atoms with van der Waals surface area (Å²) in [5.74, 6) is 0.570. The average molecular weight is 333 g/mol. The van der Waals surface area contributed by atoms with Crippen LogP contribution >= 0.6 is 11.6 Å². The van der Waals surface area contributed by atoms with E-state index < -0.39 is 0 Å². The van der Waals surface area contributed by atoms with E-state index in [1.54, 1.807) is 6.20 Å². The molecule has 3 rings (SSSR count). The molecule has 1 aliphatic rings. The molecule has 23 heavy (non-hydrogen) atoms. The molecule has 2 heterocycles. The highest BCUT2D eigenvalue weighted by atomic mass is 35.5. The van der Waals surface area contributed by atoms with Gasteiger partial charge >= 0.3 is 0 Å². The van der Waals surface area contributed by atoms with Gasteiger partial charge in [-0.2, -0.15) is 5.10 Å². The van der Waals surface area contributed by atoms with Crippen molar-refractivity contribution in [2.75, 3.05) is 31.5 Å². The Labute approximate surface area is 140 Å². The quantitative estimate of drug-likeness (QED) is 0.852. The Bertz CT molecular complexity index is 688. The molecule has 1 saturated heterocycles. The molecule has 0 bridgehead atoms. The van der Waals surface area contributed by atoms with E-state index in [2.05, 4.69) is 50.7 Å². The first kappa shape index (κ1) is 16.0. The highest BCUT2D eigenvalue weighted by Crippen LogP contribution is 2.20. The molecule has 1 aromatic heterocycles. The fourth-order valence-corrected chi connectivity index (χ4v) is 3.13. The van der Waals surface area contributed by atoms with E-state index >= 15 is 0 Å². The number of rotatable bonds is 6. The Morgan fingerprint density at radius 1 is 1.35 bits per heavy atom. The van der Waals surface area contributed by atoms with Crippen molar-refractivity contribution in [1.29, 1.82) is 0 Å². The van der Waals surface area contributed by atoms with Crippen molar-refractivity contribution < 1.29 is 0 Å². The molecule has 2 N–H and O–H groups in total. The van der Waals surface area contributed by atoms with Crippen LogP contribution in [0.5, 0.6) is 0 Å². The van der Waals surface area contributed by atoms with Crippen LogP contribution in [-0.2, 0) is 6.42 Å². The molecule has 5 nitrogen and oxygen atoms in total. The number of anilines is 1. The lowest BCUT2D eigenvalue weighted by atomic mass is 10.1. The van der Waals surface area contributed by atoms with E-state index in [0.717, 1.165) is 39.0 Å². The van der Waals surface area contributed by atoms with Crippen LogP contribution in [0.1, 0.15) is 12.0 Å². The molecule has 1 atom stereocenters. The maximum Gasteiger partial charge on any atom is 0.285 e. The Balaban J connectivity index is 1.45. The molecule has 1 aromatic carbocycles. The lowest BCUT2D eigenvalue weighted by Gasteiger charge is -2.16. The number of halogens is 1. The predicted octanol–water partition coefficient (Wildman–Crippen LogP) is 2.40. The summed E-state index contributed by atoms with van der Waals surface area (Å²) in [6.07, 6.45) is 3.81. The molecule has 0 spiro atoms. The smallest absolute Gasteiger partial charge is 0.285 e. The van der Waals surface area contributed by atoms with Gasteiger partial charge in [-0.3, -0.25) is 4.79 Å². The molecule has 0 unspecified atom stereocenters. The predicted molar refractivity (Wildman–Crippen MR) is 93.1 cm³/mol. The van der Waals surface area contributed by atoms with E-state index in [1.807, 2.05) is 0 Å². The summed E-state index contributed by atoms with van der Waals surface area (Å²) in [6.45, 7) is 4.11. The molecule has 0 aliphatic carbocycles. The highest BCUT2D eigenvalue weighted by Gasteiger charge is 2.22. The van der Waals surface area contributed by atoms with Gasteiger partial charge in [-0.15, -0.1) is 0 Å². The van der Waals surface area contributed by atoms with Crippen molar-refractivity contribution in [1.82, 2.24) is 15.1 Å². The van der Waals surface area contributed by atoms with Gasteiger partial charge in [0.25, 0.3) is 5.56 Å². The van der Waals surface area contributed by atoms with Crippen LogP contribution in [0.3, 0.4) is 0 Å². The Kier molecular flexibility index (Phi) is 5.31. The second kappa shape index (κ2) is 7.62. The molecular formula is C17H21ClN4O. The van der Waals surface area contributed by atoms with Crippen LogP contribution in [-0.4, -0.2) is 41.3 Å². The molecule has 0 amide bonds. The second-order valence-corrected chi connectivity index (χ2v) is 6.38. The summed E-state index contributed by atoms with van der Waals surface area (Å²) in [5, 5.41) is 9.52. The summed E-state index contributed by atoms with van der Waals surface area (Å²) in [5.41, 5.74) is 1.64. The lowest BCUT2D eigenvalue weighted by molar-refractivity contribution is 0.330. The number of benzene rings is 1. The molecule has 0 saturated carbocycles. The number of likely N-dealkylation sites (tertiary alicyclic amines) is 1. The maximum absolute atomic E-state index is 11.4. The SMILES string of the molecule is O=c1[nH]ncc(NC[C@@H]2CCN(CCc3ccccc3)C2)c1Cl. The van der Waals surface area contributed by atoms with Gasteiger partial charge in [-0.1, -0.05) is 41.9 Å². The fraction of sp³-hybridized carbons (Fsp3) is 0.412. The number of H-pyrrole nitrogens is 1. The van der Waals surface area contributed by atoms with E-state index in [0.29, 0.717) is 11.6 Å². The zero-order valence-corrected chi connectivity index (χ0v) is 13.7. The van der Waals surface area contributed by atoms with Crippen LogP contribution in [0.4, 0.5) is 5.69 Å². The van der Waals surface area contributed by atoms with Crippen LogP contribution in [0.15, 0.2) is 41.3 Å². The average Bonchev–Trinajstić information content (AvgIpc) is 3.03. The molecule has 122 valence electrons. The minimum absolute atomic E-state index is 0.180. The highest BCUT2D eigenvalue weighted by molar-refractivity contribution is 6.32. The number of aromatic amines is 1. The monoisotopic (exact) mass is 332 g/mol. The van der Waals surface area contributed by atoms with Gasteiger partial charge in [-0.25, -0.2) is 5.10 Å². The van der Waals surface area contributed by atoms with Gasteiger partial charge in [0.05, 0.1) is 11.9 Å². The first-order chi connectivity index (χ1) is 11.2. The Morgan fingerprint density at radius 3 is 3.00 bits per heavy atom. The third-order valence-corrected chi connectivity index (χ3v) is 4.68. The van der Waals surface area contributed by atoms with Crippen LogP contribution < -0.4 is 10.9 Å². The van der Waals surface area contributed by atoms with Crippen LogP contribution in [0.2, 0.25) is 5.02 Å². The summed E-state index contributed by atoms with van der Waals surface area (Å²) in [4.78, 5) is 13.9. The van der Waals surface area contributed by atoms with E-state index in [9.17, 15) is 4.79 Å².